The molecule has 2 aliphatic heterocycles. The fourth-order valence-electron chi connectivity index (χ4n) is 5.02. The van der Waals surface area contributed by atoms with E-state index in [4.69, 9.17) is 24.8 Å². The van der Waals surface area contributed by atoms with Gasteiger partial charge in [-0.1, -0.05) is 71.1 Å². The van der Waals surface area contributed by atoms with Crippen LogP contribution in [0.2, 0.25) is 0 Å². The van der Waals surface area contributed by atoms with Crippen molar-refractivity contribution in [2.75, 3.05) is 19.8 Å². The van der Waals surface area contributed by atoms with E-state index in [1.54, 1.807) is 0 Å². The zero-order valence-corrected chi connectivity index (χ0v) is 22.8. The minimum atomic E-state index is -2.99. The summed E-state index contributed by atoms with van der Waals surface area (Å²) in [4.78, 5) is 10.3. The first kappa shape index (κ1) is 36.1. The van der Waals surface area contributed by atoms with E-state index in [-0.39, 0.29) is 0 Å². The van der Waals surface area contributed by atoms with E-state index in [0.717, 1.165) is 12.8 Å². The van der Waals surface area contributed by atoms with Crippen molar-refractivity contribution in [2.24, 2.45) is 0 Å². The number of aliphatic hydroxyl groups is 9. The molecule has 2 aliphatic rings. The highest BCUT2D eigenvalue weighted by Gasteiger charge is 2.71. The molecule has 2 fully saturated rings. The van der Waals surface area contributed by atoms with Crippen LogP contribution in [0.25, 0.3) is 0 Å². The lowest BCUT2D eigenvalue weighted by Gasteiger charge is -2.53. The van der Waals surface area contributed by atoms with Gasteiger partial charge in [-0.25, -0.2) is 0 Å². The Morgan fingerprint density at radius 2 is 1.13 bits per heavy atom. The molecule has 0 unspecified atom stereocenters. The Bertz CT molecular complexity index is 680. The maximum absolute atomic E-state index is 10.7. The second-order valence-corrected chi connectivity index (χ2v) is 10.5. The zero-order chi connectivity index (χ0) is 29.6. The number of carbonyl (C=O) groups is 1. The van der Waals surface area contributed by atoms with E-state index in [1.165, 1.54) is 57.8 Å². The van der Waals surface area contributed by atoms with Crippen LogP contribution in [0.4, 0.5) is 0 Å². The molecule has 2 heterocycles. The molecule has 0 aromatic rings. The molecule has 10 N–H and O–H groups in total. The average molecular weight is 571 g/mol. The highest BCUT2D eigenvalue weighted by atomic mass is 16.7. The van der Waals surface area contributed by atoms with Gasteiger partial charge in [0, 0.05) is 6.42 Å². The summed E-state index contributed by atoms with van der Waals surface area (Å²) in [5.74, 6) is -3.64. The number of unbranched alkanes of at least 4 members (excludes halogenated alkanes) is 10. The molecular formula is C26H50O13. The van der Waals surface area contributed by atoms with Crippen LogP contribution in [-0.4, -0.2) is 131 Å². The SMILES string of the molecule is CCCCCCCCCCCCCC(=O)O.OC[C@H]1O[C@](CO)([C@]2(O)O[C@H](CO)[C@@H](O)[C@H](O)[C@H]2O)[C@@H](O)[C@@H]1O. The molecular weight excluding hydrogens is 520 g/mol. The second-order valence-electron chi connectivity index (χ2n) is 10.5. The van der Waals surface area contributed by atoms with E-state index < -0.39 is 79.9 Å². The molecule has 0 radical (unpaired) electrons. The van der Waals surface area contributed by atoms with Crippen LogP contribution >= 0.6 is 0 Å². The third kappa shape index (κ3) is 9.27. The summed E-state index contributed by atoms with van der Waals surface area (Å²) in [6.45, 7) is -0.565. The Morgan fingerprint density at radius 1 is 0.667 bits per heavy atom. The molecule has 39 heavy (non-hydrogen) atoms. The summed E-state index contributed by atoms with van der Waals surface area (Å²) in [5, 5.41) is 96.7. The number of ether oxygens (including phenoxy) is 2. The van der Waals surface area contributed by atoms with Gasteiger partial charge in [0.15, 0.2) is 5.60 Å². The smallest absolute Gasteiger partial charge is 0.303 e. The summed E-state index contributed by atoms with van der Waals surface area (Å²) >= 11 is 0. The van der Waals surface area contributed by atoms with Crippen molar-refractivity contribution in [1.29, 1.82) is 0 Å². The van der Waals surface area contributed by atoms with E-state index in [1.807, 2.05) is 0 Å². The molecule has 0 aromatic heterocycles. The van der Waals surface area contributed by atoms with Gasteiger partial charge in [0.05, 0.1) is 19.8 Å². The topological polar surface area (TPSA) is 238 Å². The monoisotopic (exact) mass is 570 g/mol. The highest BCUT2D eigenvalue weighted by molar-refractivity contribution is 5.66. The lowest BCUT2D eigenvalue weighted by atomic mass is 9.78. The molecule has 0 bridgehead atoms. The van der Waals surface area contributed by atoms with E-state index in [0.29, 0.717) is 6.42 Å². The fourth-order valence-corrected chi connectivity index (χ4v) is 5.02. The molecule has 0 aromatic carbocycles. The van der Waals surface area contributed by atoms with Crippen LogP contribution in [0.5, 0.6) is 0 Å². The molecule has 2 saturated heterocycles. The van der Waals surface area contributed by atoms with Crippen LogP contribution in [0.15, 0.2) is 0 Å². The van der Waals surface area contributed by atoms with Gasteiger partial charge in [-0.15, -0.1) is 0 Å². The molecule has 13 heteroatoms. The van der Waals surface area contributed by atoms with Crippen molar-refractivity contribution in [2.45, 2.75) is 138 Å². The van der Waals surface area contributed by atoms with Crippen LogP contribution in [0.3, 0.4) is 0 Å². The quantitative estimate of drug-likeness (QED) is 0.0979. The number of aliphatic hydroxyl groups excluding tert-OH is 8. The molecule has 13 nitrogen and oxygen atoms in total. The Kier molecular flexibility index (Phi) is 16.4. The zero-order valence-electron chi connectivity index (χ0n) is 22.8. The molecule has 2 rings (SSSR count). The van der Waals surface area contributed by atoms with Crippen LogP contribution in [0, 0.1) is 0 Å². The fraction of sp³-hybridized carbons (Fsp3) is 0.962. The maximum Gasteiger partial charge on any atom is 0.303 e. The minimum Gasteiger partial charge on any atom is -0.481 e. The van der Waals surface area contributed by atoms with Gasteiger partial charge in [-0.3, -0.25) is 4.79 Å². The molecule has 0 amide bonds. The maximum atomic E-state index is 10.7. The normalized spacial score (nSPS) is 36.4. The number of carboxylic acid groups (broad SMARTS) is 1. The van der Waals surface area contributed by atoms with Gasteiger partial charge in [0.1, 0.15) is 42.7 Å². The van der Waals surface area contributed by atoms with Crippen LogP contribution in [0.1, 0.15) is 84.0 Å². The first-order valence-electron chi connectivity index (χ1n) is 14.0. The van der Waals surface area contributed by atoms with Crippen molar-refractivity contribution in [1.82, 2.24) is 0 Å². The highest BCUT2D eigenvalue weighted by Crippen LogP contribution is 2.45. The summed E-state index contributed by atoms with van der Waals surface area (Å²) in [7, 11) is 0. The third-order valence-corrected chi connectivity index (χ3v) is 7.53. The molecule has 9 atom stereocenters. The Hall–Kier alpha value is -0.970. The molecule has 232 valence electrons. The largest absolute Gasteiger partial charge is 0.481 e. The van der Waals surface area contributed by atoms with E-state index in [2.05, 4.69) is 6.92 Å². The summed E-state index contributed by atoms with van der Waals surface area (Å²) in [5.41, 5.74) is -2.53. The third-order valence-electron chi connectivity index (χ3n) is 7.53. The minimum absolute atomic E-state index is 0.344. The Labute approximate surface area is 229 Å². The van der Waals surface area contributed by atoms with Crippen LogP contribution < -0.4 is 0 Å². The molecule has 0 saturated carbocycles. The first-order valence-corrected chi connectivity index (χ1v) is 14.0. The Morgan fingerprint density at radius 3 is 1.54 bits per heavy atom. The predicted molar refractivity (Wildman–Crippen MR) is 137 cm³/mol. The van der Waals surface area contributed by atoms with Crippen molar-refractivity contribution in [3.8, 4) is 0 Å². The lowest BCUT2D eigenvalue weighted by Crippen LogP contribution is -2.77. The van der Waals surface area contributed by atoms with Crippen molar-refractivity contribution < 1.29 is 65.3 Å². The van der Waals surface area contributed by atoms with E-state index >= 15 is 0 Å². The number of aliphatic carboxylic acids is 1. The van der Waals surface area contributed by atoms with Crippen molar-refractivity contribution >= 4 is 5.97 Å². The molecule has 0 aliphatic carbocycles. The molecule has 0 spiro atoms. The predicted octanol–water partition coefficient (Wildman–Crippen LogP) is -1.24. The van der Waals surface area contributed by atoms with Gasteiger partial charge in [-0.2, -0.15) is 0 Å². The second kappa shape index (κ2) is 17.8. The van der Waals surface area contributed by atoms with E-state index in [9.17, 15) is 40.5 Å². The van der Waals surface area contributed by atoms with Gasteiger partial charge in [-0.05, 0) is 6.42 Å². The summed E-state index contributed by atoms with van der Waals surface area (Å²) in [6.07, 6.45) is 1.62. The lowest BCUT2D eigenvalue weighted by molar-refractivity contribution is -0.415. The van der Waals surface area contributed by atoms with Crippen molar-refractivity contribution in [3.05, 3.63) is 0 Å². The number of rotatable bonds is 16. The van der Waals surface area contributed by atoms with Crippen molar-refractivity contribution in [3.63, 3.8) is 0 Å². The Balaban J connectivity index is 0.000000420. The summed E-state index contributed by atoms with van der Waals surface area (Å²) < 4.78 is 10.2. The standard InChI is InChI=1S/C14H28O2.C12H22O11/c1-2-3-4-5-6-7-8-9-10-11-12-13-14(15)16;13-1-4-6(16)8(18)10(20)12(21,23-4)11(3-15)9(19)7(17)5(2-14)22-11/h2-13H2,1H3,(H,15,16);4-10,13-21H,1-3H2/t;4-,5-,6-,7-,8+,9+,10-,11+,12-/m.1/s1. The first-order chi connectivity index (χ1) is 18.5. The number of hydrogen-bond donors (Lipinski definition) is 10. The van der Waals surface area contributed by atoms with Gasteiger partial charge < -0.3 is 60.5 Å². The van der Waals surface area contributed by atoms with Gasteiger partial charge in [0.2, 0.25) is 5.79 Å². The summed E-state index contributed by atoms with van der Waals surface area (Å²) in [6, 6.07) is 0. The van der Waals surface area contributed by atoms with Gasteiger partial charge >= 0.3 is 5.97 Å². The number of carboxylic acids is 1. The van der Waals surface area contributed by atoms with Crippen LogP contribution in [-0.2, 0) is 14.3 Å². The van der Waals surface area contributed by atoms with Gasteiger partial charge in [0.25, 0.3) is 0 Å². The average Bonchev–Trinajstić information content (AvgIpc) is 3.18. The number of hydrogen-bond acceptors (Lipinski definition) is 12.